The van der Waals surface area contributed by atoms with Gasteiger partial charge in [0.15, 0.2) is 0 Å². The van der Waals surface area contributed by atoms with Gasteiger partial charge in [-0.3, -0.25) is 9.52 Å². The topological polar surface area (TPSA) is 90.3 Å². The number of piperidine rings is 1. The first-order valence-electron chi connectivity index (χ1n) is 10.1. The molecule has 7 heteroatoms. The average Bonchev–Trinajstić information content (AvgIpc) is 2.75. The lowest BCUT2D eigenvalue weighted by Gasteiger charge is -2.32. The third kappa shape index (κ3) is 4.82. The Morgan fingerprint density at radius 1 is 1.13 bits per heavy atom. The summed E-state index contributed by atoms with van der Waals surface area (Å²) in [6.07, 6.45) is 1.71. The van der Waals surface area contributed by atoms with Crippen LogP contribution in [0.2, 0.25) is 0 Å². The Labute approximate surface area is 178 Å². The number of amides is 1. The number of hydrogen-bond acceptors (Lipinski definition) is 4. The third-order valence-electron chi connectivity index (χ3n) is 5.65. The molecule has 0 saturated carbocycles. The first-order valence-corrected chi connectivity index (χ1v) is 11.7. The number of sulfonamides is 1. The number of benzene rings is 2. The summed E-state index contributed by atoms with van der Waals surface area (Å²) in [6, 6.07) is 14.9. The summed E-state index contributed by atoms with van der Waals surface area (Å²) in [5.74, 6) is 0.284. The van der Waals surface area contributed by atoms with Gasteiger partial charge in [-0.25, -0.2) is 8.42 Å². The van der Waals surface area contributed by atoms with E-state index < -0.39 is 15.3 Å². The fraction of sp³-hybridized carbons (Fsp3) is 0.391. The van der Waals surface area contributed by atoms with Crippen LogP contribution in [0.1, 0.15) is 59.7 Å². The molecule has 2 aromatic carbocycles. The smallest absolute Gasteiger partial charge is 0.253 e. The first-order chi connectivity index (χ1) is 14.2. The number of carbonyl (C=O) groups excluding carboxylic acids is 1. The van der Waals surface area contributed by atoms with Crippen LogP contribution in [-0.4, -0.2) is 37.6 Å². The molecule has 0 aromatic heterocycles. The van der Waals surface area contributed by atoms with Crippen LogP contribution in [0.4, 0.5) is 5.69 Å². The minimum atomic E-state index is -3.48. The predicted octanol–water partition coefficient (Wildman–Crippen LogP) is 4.04. The molecule has 1 fully saturated rings. The van der Waals surface area contributed by atoms with Gasteiger partial charge in [-0.15, -0.1) is 0 Å². The molecule has 158 valence electrons. The van der Waals surface area contributed by atoms with Crippen molar-refractivity contribution in [2.24, 2.45) is 0 Å². The Balaban J connectivity index is 1.69. The first kappa shape index (κ1) is 21.8. The summed E-state index contributed by atoms with van der Waals surface area (Å²) in [4.78, 5) is 14.8. The number of aryl methyl sites for hydroxylation is 1. The third-order valence-corrected chi connectivity index (χ3v) is 7.40. The van der Waals surface area contributed by atoms with Crippen molar-refractivity contribution in [1.29, 1.82) is 5.26 Å². The molecule has 0 spiro atoms. The molecule has 1 N–H and O–H groups in total. The number of likely N-dealkylation sites (tertiary alicyclic amines) is 1. The summed E-state index contributed by atoms with van der Waals surface area (Å²) in [5, 5.41) is 8.38. The molecule has 0 aliphatic carbocycles. The summed E-state index contributed by atoms with van der Waals surface area (Å²) in [6.45, 7) is 6.33. The number of carbonyl (C=O) groups is 1. The zero-order valence-electron chi connectivity index (χ0n) is 17.6. The maximum Gasteiger partial charge on any atom is 0.253 e. The van der Waals surface area contributed by atoms with E-state index in [0.717, 1.165) is 18.4 Å². The largest absolute Gasteiger partial charge is 0.339 e. The summed E-state index contributed by atoms with van der Waals surface area (Å²) < 4.78 is 27.0. The zero-order valence-corrected chi connectivity index (χ0v) is 18.4. The molecule has 1 amide bonds. The monoisotopic (exact) mass is 425 g/mol. The maximum absolute atomic E-state index is 13.0. The molecule has 0 atom stereocenters. The van der Waals surface area contributed by atoms with E-state index in [1.165, 1.54) is 5.56 Å². The second-order valence-electron chi connectivity index (χ2n) is 8.03. The van der Waals surface area contributed by atoms with E-state index in [4.69, 9.17) is 5.26 Å². The molecule has 1 saturated heterocycles. The van der Waals surface area contributed by atoms with Crippen molar-refractivity contribution in [3.8, 4) is 6.07 Å². The highest BCUT2D eigenvalue weighted by Gasteiger charge is 2.25. The molecule has 0 bridgehead atoms. The zero-order chi connectivity index (χ0) is 21.9. The van der Waals surface area contributed by atoms with Gasteiger partial charge in [-0.05, 0) is 74.9 Å². The Kier molecular flexibility index (Phi) is 6.47. The highest BCUT2D eigenvalue weighted by molar-refractivity contribution is 7.93. The highest BCUT2D eigenvalue weighted by atomic mass is 32.2. The maximum atomic E-state index is 13.0. The van der Waals surface area contributed by atoms with E-state index in [-0.39, 0.29) is 5.91 Å². The molecular formula is C23H27N3O3S. The van der Waals surface area contributed by atoms with E-state index in [1.54, 1.807) is 32.0 Å². The lowest BCUT2D eigenvalue weighted by atomic mass is 9.89. The van der Waals surface area contributed by atoms with Crippen LogP contribution in [0.25, 0.3) is 0 Å². The fourth-order valence-electron chi connectivity index (χ4n) is 3.56. The van der Waals surface area contributed by atoms with Crippen LogP contribution in [0.15, 0.2) is 42.5 Å². The summed E-state index contributed by atoms with van der Waals surface area (Å²) >= 11 is 0. The van der Waals surface area contributed by atoms with Gasteiger partial charge in [0, 0.05) is 18.7 Å². The molecule has 0 radical (unpaired) electrons. The average molecular weight is 426 g/mol. The standard InChI is InChI=1S/C23H27N3O3S/c1-16(2)30(28,29)25-22-14-21(7-4-17(22)3)23(27)26-12-10-20(11-13-26)19-8-5-18(15-24)6-9-19/h4-9,14,16,20,25H,10-13H2,1-3H3. The molecule has 3 rings (SSSR count). The Hall–Kier alpha value is -2.85. The van der Waals surface area contributed by atoms with Gasteiger partial charge in [-0.1, -0.05) is 18.2 Å². The molecule has 6 nitrogen and oxygen atoms in total. The fourth-order valence-corrected chi connectivity index (χ4v) is 4.33. The van der Waals surface area contributed by atoms with Gasteiger partial charge < -0.3 is 4.90 Å². The Bertz CT molecular complexity index is 1060. The van der Waals surface area contributed by atoms with Crippen LogP contribution >= 0.6 is 0 Å². The number of hydrogen-bond donors (Lipinski definition) is 1. The van der Waals surface area contributed by atoms with Gasteiger partial charge >= 0.3 is 0 Å². The van der Waals surface area contributed by atoms with E-state index in [9.17, 15) is 13.2 Å². The molecule has 30 heavy (non-hydrogen) atoms. The van der Waals surface area contributed by atoms with E-state index >= 15 is 0 Å². The lowest BCUT2D eigenvalue weighted by Crippen LogP contribution is -2.38. The minimum absolute atomic E-state index is 0.0849. The van der Waals surface area contributed by atoms with Crippen molar-refractivity contribution >= 4 is 21.6 Å². The van der Waals surface area contributed by atoms with Gasteiger partial charge in [0.25, 0.3) is 5.91 Å². The number of anilines is 1. The molecule has 2 aromatic rings. The molecule has 1 aliphatic heterocycles. The van der Waals surface area contributed by atoms with Crippen molar-refractivity contribution in [2.45, 2.75) is 44.8 Å². The second-order valence-corrected chi connectivity index (χ2v) is 10.3. The minimum Gasteiger partial charge on any atom is -0.339 e. The SMILES string of the molecule is Cc1ccc(C(=O)N2CCC(c3ccc(C#N)cc3)CC2)cc1NS(=O)(=O)C(C)C. The number of nitrogens with one attached hydrogen (secondary N) is 1. The van der Waals surface area contributed by atoms with Gasteiger partial charge in [0.05, 0.1) is 22.6 Å². The molecule has 1 heterocycles. The van der Waals surface area contributed by atoms with Gasteiger partial charge in [-0.2, -0.15) is 5.26 Å². The predicted molar refractivity (Wildman–Crippen MR) is 118 cm³/mol. The van der Waals surface area contributed by atoms with Crippen LogP contribution in [0, 0.1) is 18.3 Å². The van der Waals surface area contributed by atoms with Crippen molar-refractivity contribution in [2.75, 3.05) is 17.8 Å². The Morgan fingerprint density at radius 3 is 2.33 bits per heavy atom. The van der Waals surface area contributed by atoms with Gasteiger partial charge in [0.1, 0.15) is 0 Å². The van der Waals surface area contributed by atoms with Crippen LogP contribution in [-0.2, 0) is 10.0 Å². The van der Waals surface area contributed by atoms with Crippen molar-refractivity contribution in [1.82, 2.24) is 4.90 Å². The van der Waals surface area contributed by atoms with Crippen molar-refractivity contribution < 1.29 is 13.2 Å². The van der Waals surface area contributed by atoms with E-state index in [2.05, 4.69) is 10.8 Å². The normalized spacial score (nSPS) is 15.1. The second kappa shape index (κ2) is 8.88. The summed E-state index contributed by atoms with van der Waals surface area (Å²) in [7, 11) is -3.48. The lowest BCUT2D eigenvalue weighted by molar-refractivity contribution is 0.0713. The summed E-state index contributed by atoms with van der Waals surface area (Å²) in [5.41, 5.74) is 3.55. The molecular weight excluding hydrogens is 398 g/mol. The van der Waals surface area contributed by atoms with Gasteiger partial charge in [0.2, 0.25) is 10.0 Å². The Morgan fingerprint density at radius 2 is 1.77 bits per heavy atom. The van der Waals surface area contributed by atoms with E-state index in [0.29, 0.717) is 35.8 Å². The van der Waals surface area contributed by atoms with Crippen molar-refractivity contribution in [3.05, 3.63) is 64.7 Å². The van der Waals surface area contributed by atoms with E-state index in [1.807, 2.05) is 36.1 Å². The van der Waals surface area contributed by atoms with Crippen molar-refractivity contribution in [3.63, 3.8) is 0 Å². The van der Waals surface area contributed by atoms with Crippen LogP contribution in [0.3, 0.4) is 0 Å². The molecule has 0 unspecified atom stereocenters. The number of nitrogens with zero attached hydrogens (tertiary/aromatic N) is 2. The highest BCUT2D eigenvalue weighted by Crippen LogP contribution is 2.29. The molecule has 1 aliphatic rings. The van der Waals surface area contributed by atoms with Crippen LogP contribution < -0.4 is 4.72 Å². The van der Waals surface area contributed by atoms with Crippen LogP contribution in [0.5, 0.6) is 0 Å². The number of nitriles is 1. The number of rotatable bonds is 5. The quantitative estimate of drug-likeness (QED) is 0.783.